The number of likely N-dealkylation sites (tertiary alicyclic amines) is 1. The van der Waals surface area contributed by atoms with E-state index < -0.39 is 12.0 Å². The van der Waals surface area contributed by atoms with E-state index >= 15 is 0 Å². The normalized spacial score (nSPS) is 16.4. The van der Waals surface area contributed by atoms with Crippen molar-refractivity contribution in [1.29, 1.82) is 0 Å². The maximum absolute atomic E-state index is 13.9. The van der Waals surface area contributed by atoms with E-state index in [2.05, 4.69) is 4.98 Å². The molecule has 0 bridgehead atoms. The molecule has 0 saturated carbocycles. The Hall–Kier alpha value is -2.25. The fourth-order valence-electron chi connectivity index (χ4n) is 3.40. The summed E-state index contributed by atoms with van der Waals surface area (Å²) >= 11 is 6.01. The summed E-state index contributed by atoms with van der Waals surface area (Å²) < 4.78 is 39.1. The van der Waals surface area contributed by atoms with E-state index in [1.807, 2.05) is 0 Å². The Labute approximate surface area is 179 Å². The van der Waals surface area contributed by atoms with Gasteiger partial charge in [0.15, 0.2) is 0 Å². The van der Waals surface area contributed by atoms with E-state index in [0.29, 0.717) is 43.3 Å². The third-order valence-corrected chi connectivity index (χ3v) is 5.28. The number of carbonyl (C=O) groups excluding carboxylic acids is 1. The van der Waals surface area contributed by atoms with E-state index in [1.165, 1.54) is 18.3 Å². The van der Waals surface area contributed by atoms with Crippen molar-refractivity contribution in [2.45, 2.75) is 44.8 Å². The van der Waals surface area contributed by atoms with Gasteiger partial charge in [-0.1, -0.05) is 23.7 Å². The maximum atomic E-state index is 13.9. The second kappa shape index (κ2) is 9.71. The van der Waals surface area contributed by atoms with Gasteiger partial charge in [0.25, 0.3) is 5.92 Å². The molecule has 2 heterocycles. The summed E-state index contributed by atoms with van der Waals surface area (Å²) in [5, 5.41) is 0.571. The average Bonchev–Trinajstić information content (AvgIpc) is 2.73. The minimum atomic E-state index is -2.98. The van der Waals surface area contributed by atoms with Crippen LogP contribution < -0.4 is 0 Å². The highest BCUT2D eigenvalue weighted by atomic mass is 35.5. The zero-order chi connectivity index (χ0) is 21.7. The van der Waals surface area contributed by atoms with Gasteiger partial charge in [-0.25, -0.2) is 13.6 Å². The van der Waals surface area contributed by atoms with Gasteiger partial charge < -0.3 is 14.4 Å². The number of alkyl halides is 2. The molecule has 5 nitrogen and oxygen atoms in total. The van der Waals surface area contributed by atoms with Crippen LogP contribution in [0.25, 0.3) is 0 Å². The van der Waals surface area contributed by atoms with Crippen molar-refractivity contribution >= 4 is 17.7 Å². The van der Waals surface area contributed by atoms with Crippen molar-refractivity contribution in [2.24, 2.45) is 0 Å². The highest BCUT2D eigenvalue weighted by molar-refractivity contribution is 6.30. The molecule has 2 aromatic rings. The van der Waals surface area contributed by atoms with Crippen LogP contribution in [-0.4, -0.2) is 41.8 Å². The molecular formula is C22H25ClF2N2O3. The number of amides is 1. The van der Waals surface area contributed by atoms with Gasteiger partial charge in [0.1, 0.15) is 6.10 Å². The predicted octanol–water partition coefficient (Wildman–Crippen LogP) is 5.57. The second-order valence-electron chi connectivity index (χ2n) is 7.31. The Morgan fingerprint density at radius 2 is 1.93 bits per heavy atom. The Kier molecular flexibility index (Phi) is 7.26. The van der Waals surface area contributed by atoms with Crippen LogP contribution in [0.5, 0.6) is 0 Å². The fraction of sp³-hybridized carbons (Fsp3) is 0.455. The molecule has 1 aliphatic heterocycles. The smallest absolute Gasteiger partial charge is 0.409 e. The average molecular weight is 439 g/mol. The maximum Gasteiger partial charge on any atom is 0.409 e. The van der Waals surface area contributed by atoms with Crippen LogP contribution in [0.2, 0.25) is 5.02 Å². The zero-order valence-electron chi connectivity index (χ0n) is 17.0. The van der Waals surface area contributed by atoms with Gasteiger partial charge in [0.05, 0.1) is 18.4 Å². The van der Waals surface area contributed by atoms with E-state index in [4.69, 9.17) is 21.1 Å². The van der Waals surface area contributed by atoms with Crippen LogP contribution in [0.15, 0.2) is 42.6 Å². The number of ether oxygens (including phenoxy) is 2. The van der Waals surface area contributed by atoms with Crippen LogP contribution >= 0.6 is 11.6 Å². The largest absolute Gasteiger partial charge is 0.450 e. The first-order chi connectivity index (χ1) is 14.3. The molecule has 1 unspecified atom stereocenters. The summed E-state index contributed by atoms with van der Waals surface area (Å²) in [7, 11) is 0. The third-order valence-electron chi connectivity index (χ3n) is 5.03. The number of hydrogen-bond acceptors (Lipinski definition) is 4. The molecule has 0 aliphatic carbocycles. The molecule has 1 amide bonds. The quantitative estimate of drug-likeness (QED) is 0.591. The summed E-state index contributed by atoms with van der Waals surface area (Å²) in [4.78, 5) is 17.9. The molecule has 162 valence electrons. The second-order valence-corrected chi connectivity index (χ2v) is 7.75. The highest BCUT2D eigenvalue weighted by Crippen LogP contribution is 2.33. The number of hydrogen-bond donors (Lipinski definition) is 0. The number of rotatable bonds is 6. The molecule has 30 heavy (non-hydrogen) atoms. The standard InChI is InChI=1S/C22H25ClF2N2O3/c1-3-29-21(28)27-12-9-18(10-13-27)30-20(15-4-6-17(23)7-5-15)19-14-16(8-11-26-19)22(2,24)25/h4-8,11,14,18,20H,3,9-10,12-13H2,1-2H3. The molecule has 0 N–H and O–H groups in total. The topological polar surface area (TPSA) is 51.7 Å². The van der Waals surface area contributed by atoms with Crippen LogP contribution in [0.4, 0.5) is 13.6 Å². The molecule has 0 radical (unpaired) electrons. The van der Waals surface area contributed by atoms with E-state index in [1.54, 1.807) is 36.1 Å². The van der Waals surface area contributed by atoms with Crippen molar-refractivity contribution < 1.29 is 23.0 Å². The van der Waals surface area contributed by atoms with Crippen molar-refractivity contribution in [1.82, 2.24) is 9.88 Å². The molecule has 3 rings (SSSR count). The van der Waals surface area contributed by atoms with Crippen molar-refractivity contribution in [3.63, 3.8) is 0 Å². The van der Waals surface area contributed by atoms with Crippen molar-refractivity contribution in [3.05, 3.63) is 64.4 Å². The SMILES string of the molecule is CCOC(=O)N1CCC(OC(c2ccc(Cl)cc2)c2cc(C(C)(F)F)ccn2)CC1. The summed E-state index contributed by atoms with van der Waals surface area (Å²) in [6, 6.07) is 9.76. The van der Waals surface area contributed by atoms with Gasteiger partial charge >= 0.3 is 6.09 Å². The van der Waals surface area contributed by atoms with Crippen molar-refractivity contribution in [2.75, 3.05) is 19.7 Å². The molecule has 1 fully saturated rings. The van der Waals surface area contributed by atoms with Crippen LogP contribution in [-0.2, 0) is 15.4 Å². The lowest BCUT2D eigenvalue weighted by molar-refractivity contribution is -0.0278. The molecule has 1 aliphatic rings. The summed E-state index contributed by atoms with van der Waals surface area (Å²) in [6.07, 6.45) is 1.51. The first-order valence-corrected chi connectivity index (χ1v) is 10.3. The van der Waals surface area contributed by atoms with Gasteiger partial charge in [-0.2, -0.15) is 0 Å². The number of carbonyl (C=O) groups is 1. The molecule has 0 spiro atoms. The molecule has 8 heteroatoms. The number of pyridine rings is 1. The molecule has 1 atom stereocenters. The number of benzene rings is 1. The summed E-state index contributed by atoms with van der Waals surface area (Å²) in [5.74, 6) is -2.98. The fourth-order valence-corrected chi connectivity index (χ4v) is 3.53. The van der Waals surface area contributed by atoms with E-state index in [-0.39, 0.29) is 17.8 Å². The summed E-state index contributed by atoms with van der Waals surface area (Å²) in [5.41, 5.74) is 1.06. The van der Waals surface area contributed by atoms with Gasteiger partial charge in [0.2, 0.25) is 0 Å². The van der Waals surface area contributed by atoms with Crippen LogP contribution in [0, 0.1) is 0 Å². The lowest BCUT2D eigenvalue weighted by Crippen LogP contribution is -2.41. The van der Waals surface area contributed by atoms with Gasteiger partial charge in [0, 0.05) is 36.8 Å². The molecule has 1 aromatic carbocycles. The van der Waals surface area contributed by atoms with Crippen LogP contribution in [0.3, 0.4) is 0 Å². The minimum Gasteiger partial charge on any atom is -0.450 e. The van der Waals surface area contributed by atoms with Gasteiger partial charge in [-0.05, 0) is 49.6 Å². The Morgan fingerprint density at radius 3 is 2.53 bits per heavy atom. The first-order valence-electron chi connectivity index (χ1n) is 9.94. The Morgan fingerprint density at radius 1 is 1.27 bits per heavy atom. The minimum absolute atomic E-state index is 0.118. The van der Waals surface area contributed by atoms with Gasteiger partial charge in [-0.3, -0.25) is 4.98 Å². The van der Waals surface area contributed by atoms with E-state index in [9.17, 15) is 13.6 Å². The highest BCUT2D eigenvalue weighted by Gasteiger charge is 2.30. The number of aromatic nitrogens is 1. The monoisotopic (exact) mass is 438 g/mol. The third kappa shape index (κ3) is 5.67. The molecular weight excluding hydrogens is 414 g/mol. The van der Waals surface area contributed by atoms with Crippen molar-refractivity contribution in [3.8, 4) is 0 Å². The lowest BCUT2D eigenvalue weighted by Gasteiger charge is -2.33. The predicted molar refractivity (Wildman–Crippen MR) is 110 cm³/mol. The molecule has 1 aromatic heterocycles. The first kappa shape index (κ1) is 22.4. The number of nitrogens with zero attached hydrogens (tertiary/aromatic N) is 2. The Balaban J connectivity index is 1.80. The van der Waals surface area contributed by atoms with E-state index in [0.717, 1.165) is 12.5 Å². The Bertz CT molecular complexity index is 850. The van der Waals surface area contributed by atoms with Crippen LogP contribution in [0.1, 0.15) is 49.6 Å². The number of halogens is 3. The van der Waals surface area contributed by atoms with Gasteiger partial charge in [-0.15, -0.1) is 0 Å². The summed E-state index contributed by atoms with van der Waals surface area (Å²) in [6.45, 7) is 3.98. The molecule has 1 saturated heterocycles. The zero-order valence-corrected chi connectivity index (χ0v) is 17.7. The number of piperidine rings is 1. The lowest BCUT2D eigenvalue weighted by atomic mass is 10.0.